The molecule has 1 aromatic heterocycles. The number of nitrogens with zero attached hydrogens (tertiary/aromatic N) is 2. The number of hydrazine groups is 1. The van der Waals surface area contributed by atoms with Crippen molar-refractivity contribution in [3.63, 3.8) is 0 Å². The summed E-state index contributed by atoms with van der Waals surface area (Å²) in [5.74, 6) is 10.3. The molecule has 0 spiro atoms. The van der Waals surface area contributed by atoms with Crippen molar-refractivity contribution >= 4 is 23.5 Å². The Morgan fingerprint density at radius 1 is 1.67 bits per heavy atom. The van der Waals surface area contributed by atoms with Gasteiger partial charge >= 0.3 is 0 Å². The number of hydrogen-bond donors (Lipinski definition) is 2. The molecule has 0 radical (unpaired) electrons. The van der Waals surface area contributed by atoms with Gasteiger partial charge in [-0.15, -0.1) is 0 Å². The predicted molar refractivity (Wildman–Crippen MR) is 66.8 cm³/mol. The Bertz CT molecular complexity index is 309. The fourth-order valence-corrected chi connectivity index (χ4v) is 4.54. The standard InChI is InChI=1S/C9H16N4S2/c1-13-3-2-11-9(13)8(12-10)7-6-14-4-5-15-7/h2-3,7-8,12H,4-6,10H2,1H3. The highest BCUT2D eigenvalue weighted by Crippen LogP contribution is 2.32. The number of hydrogen-bond acceptors (Lipinski definition) is 5. The summed E-state index contributed by atoms with van der Waals surface area (Å²) in [5.41, 5.74) is 2.90. The van der Waals surface area contributed by atoms with E-state index >= 15 is 0 Å². The number of imidazole rings is 1. The van der Waals surface area contributed by atoms with Crippen LogP contribution in [0.25, 0.3) is 0 Å². The first-order valence-electron chi connectivity index (χ1n) is 4.95. The zero-order valence-corrected chi connectivity index (χ0v) is 10.4. The van der Waals surface area contributed by atoms with E-state index in [4.69, 9.17) is 5.84 Å². The van der Waals surface area contributed by atoms with Crippen LogP contribution in [0.5, 0.6) is 0 Å². The van der Waals surface area contributed by atoms with Crippen molar-refractivity contribution in [1.82, 2.24) is 15.0 Å². The average Bonchev–Trinajstić information content (AvgIpc) is 2.68. The minimum atomic E-state index is 0.155. The van der Waals surface area contributed by atoms with Crippen LogP contribution < -0.4 is 11.3 Å². The maximum atomic E-state index is 5.64. The van der Waals surface area contributed by atoms with Gasteiger partial charge in [-0.1, -0.05) is 0 Å². The summed E-state index contributed by atoms with van der Waals surface area (Å²) in [6.07, 6.45) is 3.78. The molecule has 1 aliphatic heterocycles. The molecule has 1 aliphatic rings. The number of aryl methyl sites for hydroxylation is 1. The van der Waals surface area contributed by atoms with Gasteiger partial charge in [0.15, 0.2) is 0 Å². The van der Waals surface area contributed by atoms with Crippen molar-refractivity contribution in [3.05, 3.63) is 18.2 Å². The van der Waals surface area contributed by atoms with Crippen LogP contribution in [0, 0.1) is 0 Å². The number of aromatic nitrogens is 2. The predicted octanol–water partition coefficient (Wildman–Crippen LogP) is 0.773. The monoisotopic (exact) mass is 244 g/mol. The molecule has 84 valence electrons. The Morgan fingerprint density at radius 2 is 2.53 bits per heavy atom. The highest BCUT2D eigenvalue weighted by Gasteiger charge is 2.27. The van der Waals surface area contributed by atoms with Gasteiger partial charge in [-0.3, -0.25) is 5.84 Å². The van der Waals surface area contributed by atoms with Crippen molar-refractivity contribution in [1.29, 1.82) is 0 Å². The lowest BCUT2D eigenvalue weighted by atomic mass is 10.2. The molecular formula is C9H16N4S2. The molecule has 1 saturated heterocycles. The summed E-state index contributed by atoms with van der Waals surface area (Å²) in [5, 5.41) is 0.523. The van der Waals surface area contributed by atoms with E-state index in [2.05, 4.69) is 10.4 Å². The highest BCUT2D eigenvalue weighted by molar-refractivity contribution is 8.06. The Morgan fingerprint density at radius 3 is 3.07 bits per heavy atom. The molecule has 15 heavy (non-hydrogen) atoms. The third-order valence-corrected chi connectivity index (χ3v) is 5.39. The molecule has 2 heterocycles. The van der Waals surface area contributed by atoms with Crippen LogP contribution in [-0.2, 0) is 7.05 Å². The zero-order chi connectivity index (χ0) is 10.7. The first kappa shape index (κ1) is 11.3. The van der Waals surface area contributed by atoms with Gasteiger partial charge in [-0.25, -0.2) is 10.4 Å². The molecule has 2 rings (SSSR count). The van der Waals surface area contributed by atoms with Crippen LogP contribution in [0.3, 0.4) is 0 Å². The molecule has 0 saturated carbocycles. The highest BCUT2D eigenvalue weighted by atomic mass is 32.2. The minimum absolute atomic E-state index is 0.155. The van der Waals surface area contributed by atoms with Crippen LogP contribution in [-0.4, -0.2) is 32.1 Å². The second-order valence-electron chi connectivity index (χ2n) is 3.52. The first-order chi connectivity index (χ1) is 7.33. The molecule has 1 aromatic rings. The van der Waals surface area contributed by atoms with E-state index in [0.717, 1.165) is 11.6 Å². The fraction of sp³-hybridized carbons (Fsp3) is 0.667. The van der Waals surface area contributed by atoms with Gasteiger partial charge in [0.25, 0.3) is 0 Å². The summed E-state index contributed by atoms with van der Waals surface area (Å²) < 4.78 is 2.03. The summed E-state index contributed by atoms with van der Waals surface area (Å²) in [4.78, 5) is 4.36. The van der Waals surface area contributed by atoms with E-state index in [1.54, 1.807) is 0 Å². The van der Waals surface area contributed by atoms with E-state index < -0.39 is 0 Å². The molecule has 0 aliphatic carbocycles. The lowest BCUT2D eigenvalue weighted by molar-refractivity contribution is 0.508. The topological polar surface area (TPSA) is 55.9 Å². The molecular weight excluding hydrogens is 228 g/mol. The number of nitrogens with one attached hydrogen (secondary N) is 1. The Hall–Kier alpha value is -0.170. The summed E-state index contributed by atoms with van der Waals surface area (Å²) in [6, 6.07) is 0.155. The molecule has 3 N–H and O–H groups in total. The van der Waals surface area contributed by atoms with E-state index in [-0.39, 0.29) is 6.04 Å². The van der Waals surface area contributed by atoms with Crippen LogP contribution >= 0.6 is 23.5 Å². The second-order valence-corrected chi connectivity index (χ2v) is 6.02. The van der Waals surface area contributed by atoms with Crippen LogP contribution in [0.1, 0.15) is 11.9 Å². The van der Waals surface area contributed by atoms with E-state index in [1.165, 1.54) is 11.5 Å². The molecule has 1 fully saturated rings. The summed E-state index contributed by atoms with van der Waals surface area (Å²) >= 11 is 3.98. The van der Waals surface area contributed by atoms with Gasteiger partial charge in [0.1, 0.15) is 5.82 Å². The number of rotatable bonds is 3. The summed E-state index contributed by atoms with van der Waals surface area (Å²) in [7, 11) is 2.01. The minimum Gasteiger partial charge on any atom is -0.337 e. The van der Waals surface area contributed by atoms with Crippen molar-refractivity contribution < 1.29 is 0 Å². The summed E-state index contributed by atoms with van der Waals surface area (Å²) in [6.45, 7) is 0. The van der Waals surface area contributed by atoms with Crippen molar-refractivity contribution in [3.8, 4) is 0 Å². The van der Waals surface area contributed by atoms with Gasteiger partial charge in [0.05, 0.1) is 6.04 Å². The Labute approximate surface area is 98.4 Å². The van der Waals surface area contributed by atoms with Gasteiger partial charge in [0, 0.05) is 41.9 Å². The largest absolute Gasteiger partial charge is 0.337 e. The average molecular weight is 244 g/mol. The Balaban J connectivity index is 2.12. The maximum Gasteiger partial charge on any atom is 0.128 e. The molecule has 2 unspecified atom stereocenters. The molecule has 4 nitrogen and oxygen atoms in total. The van der Waals surface area contributed by atoms with Gasteiger partial charge < -0.3 is 4.57 Å². The molecule has 0 bridgehead atoms. The number of nitrogens with two attached hydrogens (primary N) is 1. The lowest BCUT2D eigenvalue weighted by Gasteiger charge is -2.28. The third kappa shape index (κ3) is 2.50. The Kier molecular flexibility index (Phi) is 3.96. The van der Waals surface area contributed by atoms with Gasteiger partial charge in [-0.05, 0) is 0 Å². The van der Waals surface area contributed by atoms with Crippen LogP contribution in [0.4, 0.5) is 0 Å². The molecule has 0 amide bonds. The smallest absolute Gasteiger partial charge is 0.128 e. The van der Waals surface area contributed by atoms with Gasteiger partial charge in [0.2, 0.25) is 0 Å². The van der Waals surface area contributed by atoms with E-state index in [0.29, 0.717) is 5.25 Å². The van der Waals surface area contributed by atoms with Crippen LogP contribution in [0.2, 0.25) is 0 Å². The van der Waals surface area contributed by atoms with Crippen molar-refractivity contribution in [2.75, 3.05) is 17.3 Å². The van der Waals surface area contributed by atoms with Gasteiger partial charge in [-0.2, -0.15) is 23.5 Å². The number of thioether (sulfide) groups is 2. The molecule has 6 heteroatoms. The first-order valence-corrected chi connectivity index (χ1v) is 7.16. The SMILES string of the molecule is Cn1ccnc1C(NN)C1CSCCS1. The van der Waals surface area contributed by atoms with Crippen LogP contribution in [0.15, 0.2) is 12.4 Å². The quantitative estimate of drug-likeness (QED) is 0.608. The molecule has 0 aromatic carbocycles. The maximum absolute atomic E-state index is 5.64. The zero-order valence-electron chi connectivity index (χ0n) is 8.72. The normalized spacial score (nSPS) is 24.0. The van der Waals surface area contributed by atoms with E-state index in [9.17, 15) is 0 Å². The third-order valence-electron chi connectivity index (χ3n) is 2.53. The lowest BCUT2D eigenvalue weighted by Crippen LogP contribution is -2.39. The van der Waals surface area contributed by atoms with Crippen molar-refractivity contribution in [2.24, 2.45) is 12.9 Å². The van der Waals surface area contributed by atoms with Crippen molar-refractivity contribution in [2.45, 2.75) is 11.3 Å². The second kappa shape index (κ2) is 5.25. The fourth-order valence-electron chi connectivity index (χ4n) is 1.72. The molecule has 2 atom stereocenters. The van der Waals surface area contributed by atoms with E-state index in [1.807, 2.05) is 47.5 Å².